The van der Waals surface area contributed by atoms with Crippen molar-refractivity contribution in [2.45, 2.75) is 0 Å². The molecular weight excluding hydrogens is 296 g/mol. The zero-order valence-electron chi connectivity index (χ0n) is 8.84. The topological polar surface area (TPSA) is 49.9 Å². The molecule has 6 heteroatoms. The van der Waals surface area contributed by atoms with E-state index in [0.717, 1.165) is 0 Å². The van der Waals surface area contributed by atoms with Crippen molar-refractivity contribution >= 4 is 41.1 Å². The molecule has 0 aliphatic carbocycles. The minimum Gasteiger partial charge on any atom is -0.319 e. The van der Waals surface area contributed by atoms with Crippen molar-refractivity contribution in [2.75, 3.05) is 0 Å². The van der Waals surface area contributed by atoms with E-state index >= 15 is 0 Å². The second-order valence-corrected chi connectivity index (χ2v) is 4.77. The number of hydrogen-bond acceptors (Lipinski definition) is 2. The Morgan fingerprint density at radius 1 is 1.06 bits per heavy atom. The van der Waals surface area contributed by atoms with Gasteiger partial charge in [0.25, 0.3) is 5.56 Å². The normalized spacial score (nSPS) is 10.4. The third-order valence-corrected chi connectivity index (χ3v) is 3.15. The summed E-state index contributed by atoms with van der Waals surface area (Å²) >= 11 is 17.8. The molecule has 0 atom stereocenters. The smallest absolute Gasteiger partial charge is 0.256 e. The lowest BCUT2D eigenvalue weighted by molar-refractivity contribution is 0.111. The van der Waals surface area contributed by atoms with Crippen LogP contribution in [0.1, 0.15) is 10.5 Å². The molecule has 0 bridgehead atoms. The molecule has 0 saturated carbocycles. The summed E-state index contributed by atoms with van der Waals surface area (Å²) in [6, 6.07) is 5.96. The Hall–Kier alpha value is -1.29. The molecule has 18 heavy (non-hydrogen) atoms. The first-order valence-corrected chi connectivity index (χ1v) is 5.99. The monoisotopic (exact) mass is 301 g/mol. The van der Waals surface area contributed by atoms with Crippen LogP contribution in [-0.4, -0.2) is 11.3 Å². The first-order chi connectivity index (χ1) is 8.52. The number of benzene rings is 1. The molecule has 0 spiro atoms. The van der Waals surface area contributed by atoms with Gasteiger partial charge in [-0.25, -0.2) is 0 Å². The number of aromatic amines is 1. The fourth-order valence-corrected chi connectivity index (χ4v) is 2.57. The fraction of sp³-hybridized carbons (Fsp3) is 0. The molecule has 2 aromatic rings. The van der Waals surface area contributed by atoms with Gasteiger partial charge in [-0.1, -0.05) is 34.8 Å². The maximum Gasteiger partial charge on any atom is 0.256 e. The number of nitrogens with one attached hydrogen (secondary N) is 1. The Balaban J connectivity index is 2.70. The molecule has 0 aliphatic heterocycles. The van der Waals surface area contributed by atoms with Crippen LogP contribution in [0.25, 0.3) is 11.1 Å². The quantitative estimate of drug-likeness (QED) is 0.857. The molecular formula is C12H6Cl3NO2. The number of H-pyrrole nitrogens is 1. The van der Waals surface area contributed by atoms with Crippen molar-refractivity contribution in [1.82, 2.24) is 4.98 Å². The fourth-order valence-electron chi connectivity index (χ4n) is 1.55. The van der Waals surface area contributed by atoms with E-state index < -0.39 is 5.56 Å². The van der Waals surface area contributed by atoms with Crippen molar-refractivity contribution in [3.05, 3.63) is 55.4 Å². The summed E-state index contributed by atoms with van der Waals surface area (Å²) in [6.45, 7) is 0. The highest BCUT2D eigenvalue weighted by molar-refractivity contribution is 6.41. The van der Waals surface area contributed by atoms with Crippen LogP contribution in [0.5, 0.6) is 0 Å². The molecule has 1 aromatic heterocycles. The minimum absolute atomic E-state index is 0.185. The van der Waals surface area contributed by atoms with Crippen LogP contribution >= 0.6 is 34.8 Å². The average Bonchev–Trinajstić information content (AvgIpc) is 2.29. The number of aromatic nitrogens is 1. The van der Waals surface area contributed by atoms with Crippen LogP contribution in [0.4, 0.5) is 0 Å². The van der Waals surface area contributed by atoms with Gasteiger partial charge < -0.3 is 4.98 Å². The Kier molecular flexibility index (Phi) is 3.76. The summed E-state index contributed by atoms with van der Waals surface area (Å²) in [4.78, 5) is 24.8. The zero-order valence-corrected chi connectivity index (χ0v) is 11.1. The molecule has 0 amide bonds. The van der Waals surface area contributed by atoms with E-state index in [-0.39, 0.29) is 21.3 Å². The van der Waals surface area contributed by atoms with E-state index in [2.05, 4.69) is 4.98 Å². The van der Waals surface area contributed by atoms with Crippen molar-refractivity contribution in [3.63, 3.8) is 0 Å². The molecule has 3 nitrogen and oxygen atoms in total. The van der Waals surface area contributed by atoms with Crippen molar-refractivity contribution < 1.29 is 4.79 Å². The lowest BCUT2D eigenvalue weighted by Gasteiger charge is -2.07. The molecule has 0 aliphatic rings. The van der Waals surface area contributed by atoms with Gasteiger partial charge in [0, 0.05) is 16.1 Å². The molecule has 0 saturated heterocycles. The van der Waals surface area contributed by atoms with E-state index in [1.165, 1.54) is 24.3 Å². The van der Waals surface area contributed by atoms with Gasteiger partial charge in [0.15, 0.2) is 6.29 Å². The predicted molar refractivity (Wildman–Crippen MR) is 72.9 cm³/mol. The molecule has 1 heterocycles. The average molecular weight is 303 g/mol. The second kappa shape index (κ2) is 5.14. The Morgan fingerprint density at radius 3 is 2.17 bits per heavy atom. The van der Waals surface area contributed by atoms with Gasteiger partial charge in [-0.05, 0) is 24.3 Å². The van der Waals surface area contributed by atoms with Crippen LogP contribution in [0, 0.1) is 0 Å². The van der Waals surface area contributed by atoms with E-state index in [1.807, 2.05) is 0 Å². The minimum atomic E-state index is -0.439. The van der Waals surface area contributed by atoms with E-state index in [9.17, 15) is 9.59 Å². The summed E-state index contributed by atoms with van der Waals surface area (Å²) in [5, 5.41) is 0.934. The van der Waals surface area contributed by atoms with Crippen LogP contribution in [0.15, 0.2) is 29.1 Å². The van der Waals surface area contributed by atoms with Gasteiger partial charge in [0.1, 0.15) is 0 Å². The number of halogens is 3. The summed E-state index contributed by atoms with van der Waals surface area (Å²) in [5.74, 6) is 0. The number of rotatable bonds is 2. The number of carbonyl (C=O) groups is 1. The Morgan fingerprint density at radius 2 is 1.67 bits per heavy atom. The van der Waals surface area contributed by atoms with Crippen LogP contribution in [-0.2, 0) is 0 Å². The van der Waals surface area contributed by atoms with Gasteiger partial charge in [0.2, 0.25) is 0 Å². The molecule has 1 aromatic carbocycles. The van der Waals surface area contributed by atoms with Gasteiger partial charge in [0.05, 0.1) is 15.7 Å². The number of carbonyl (C=O) groups excluding carboxylic acids is 1. The Bertz CT molecular complexity index is 656. The number of aldehydes is 1. The molecule has 0 unspecified atom stereocenters. The number of hydrogen-bond donors (Lipinski definition) is 1. The van der Waals surface area contributed by atoms with Crippen LogP contribution < -0.4 is 5.56 Å². The third-order valence-electron chi connectivity index (χ3n) is 2.34. The first-order valence-electron chi connectivity index (χ1n) is 4.86. The highest BCUT2D eigenvalue weighted by Crippen LogP contribution is 2.35. The molecule has 2 rings (SSSR count). The summed E-state index contributed by atoms with van der Waals surface area (Å²) in [5.41, 5.74) is 0.421. The lowest BCUT2D eigenvalue weighted by atomic mass is 10.1. The largest absolute Gasteiger partial charge is 0.319 e. The summed E-state index contributed by atoms with van der Waals surface area (Å²) in [7, 11) is 0. The maximum absolute atomic E-state index is 11.8. The Labute approximate surface area is 117 Å². The van der Waals surface area contributed by atoms with Crippen molar-refractivity contribution in [2.24, 2.45) is 0 Å². The highest BCUT2D eigenvalue weighted by atomic mass is 35.5. The van der Waals surface area contributed by atoms with E-state index in [1.54, 1.807) is 0 Å². The van der Waals surface area contributed by atoms with Gasteiger partial charge in [-0.3, -0.25) is 9.59 Å². The molecule has 0 radical (unpaired) electrons. The van der Waals surface area contributed by atoms with Crippen LogP contribution in [0.3, 0.4) is 0 Å². The standard InChI is InChI=1S/C12H6Cl3NO2/c13-6-3-9(14)11(10(15)4-6)8-2-1-7(5-17)16-12(8)18/h1-5H,(H,16,18). The molecule has 92 valence electrons. The lowest BCUT2D eigenvalue weighted by Crippen LogP contribution is -2.11. The zero-order chi connectivity index (χ0) is 13.3. The maximum atomic E-state index is 11.8. The molecule has 0 fully saturated rings. The number of pyridine rings is 1. The third kappa shape index (κ3) is 2.43. The summed E-state index contributed by atoms with van der Waals surface area (Å²) in [6.07, 6.45) is 0.552. The first kappa shape index (κ1) is 13.1. The SMILES string of the molecule is O=Cc1ccc(-c2c(Cl)cc(Cl)cc2Cl)c(=O)[nH]1. The second-order valence-electron chi connectivity index (χ2n) is 3.52. The molecule has 1 N–H and O–H groups in total. The van der Waals surface area contributed by atoms with Gasteiger partial charge in [-0.15, -0.1) is 0 Å². The van der Waals surface area contributed by atoms with E-state index in [4.69, 9.17) is 34.8 Å². The summed E-state index contributed by atoms with van der Waals surface area (Å²) < 4.78 is 0. The van der Waals surface area contributed by atoms with Gasteiger partial charge >= 0.3 is 0 Å². The predicted octanol–water partition coefficient (Wildman–Crippen LogP) is 3.81. The van der Waals surface area contributed by atoms with E-state index in [0.29, 0.717) is 16.9 Å². The van der Waals surface area contributed by atoms with Crippen LogP contribution in [0.2, 0.25) is 15.1 Å². The highest BCUT2D eigenvalue weighted by Gasteiger charge is 2.13. The van der Waals surface area contributed by atoms with Gasteiger partial charge in [-0.2, -0.15) is 0 Å². The van der Waals surface area contributed by atoms with Crippen molar-refractivity contribution in [3.8, 4) is 11.1 Å². The van der Waals surface area contributed by atoms with Crippen molar-refractivity contribution in [1.29, 1.82) is 0 Å².